The first kappa shape index (κ1) is 29.2. The molecule has 6 N–H and O–H groups in total. The fourth-order valence-corrected chi connectivity index (χ4v) is 4.11. The Hall–Kier alpha value is -2.36. The van der Waals surface area contributed by atoms with E-state index >= 15 is 0 Å². The lowest BCUT2D eigenvalue weighted by molar-refractivity contribution is -0.139. The van der Waals surface area contributed by atoms with Crippen LogP contribution in [-0.2, 0) is 15.7 Å². The molecule has 0 bridgehead atoms. The third kappa shape index (κ3) is 6.56. The first-order valence-electron chi connectivity index (χ1n) is 10.6. The molecule has 0 aromatic carbocycles. The van der Waals surface area contributed by atoms with E-state index in [2.05, 4.69) is 4.98 Å². The van der Waals surface area contributed by atoms with E-state index in [1.54, 1.807) is 27.6 Å². The minimum absolute atomic E-state index is 0.172. The Morgan fingerprint density at radius 1 is 0.865 bits per heavy atom. The van der Waals surface area contributed by atoms with E-state index in [-0.39, 0.29) is 19.4 Å². The Kier molecular flexibility index (Phi) is 9.14. The van der Waals surface area contributed by atoms with Gasteiger partial charge in [-0.2, -0.15) is 13.2 Å². The van der Waals surface area contributed by atoms with E-state index in [9.17, 15) is 42.6 Å². The van der Waals surface area contributed by atoms with Gasteiger partial charge in [-0.05, 0) is 22.6 Å². The second-order valence-electron chi connectivity index (χ2n) is 8.08. The standard InChI is InChI=1S/C10H11F3N2O5.C9H11IN2O5/c11-10(12,13)4-2-15(9(19)14-8(4)18)7-1-5(17)6(3-16)20-7;10-4-2-12(9(16)11-8(4)15)7-1-5(14)6(3-13)17-7/h2,5-7,16-17H,1,3H2,(H,14,18,19);2,5-7,13-14H,1,3H2,(H,11,15,16)/t2*5-,6-,7-/m11/s1. The zero-order valence-corrected chi connectivity index (χ0v) is 20.7. The molecule has 4 rings (SSSR count). The van der Waals surface area contributed by atoms with Crippen molar-refractivity contribution in [2.75, 3.05) is 13.2 Å². The van der Waals surface area contributed by atoms with Gasteiger partial charge in [-0.1, -0.05) is 0 Å². The Labute approximate surface area is 217 Å². The molecule has 2 aromatic heterocycles. The number of aromatic amines is 2. The van der Waals surface area contributed by atoms with Gasteiger partial charge in [0.05, 0.1) is 29.0 Å². The number of ether oxygens (including phenoxy) is 2. The van der Waals surface area contributed by atoms with Crippen LogP contribution in [0.5, 0.6) is 0 Å². The van der Waals surface area contributed by atoms with E-state index in [1.165, 1.54) is 10.8 Å². The van der Waals surface area contributed by atoms with E-state index in [0.717, 1.165) is 0 Å². The summed E-state index contributed by atoms with van der Waals surface area (Å²) in [7, 11) is 0. The summed E-state index contributed by atoms with van der Waals surface area (Å²) in [6.45, 7) is -0.852. The molecule has 6 atom stereocenters. The highest BCUT2D eigenvalue weighted by Gasteiger charge is 2.39. The number of aromatic nitrogens is 4. The number of aliphatic hydroxyl groups is 4. The third-order valence-electron chi connectivity index (χ3n) is 5.59. The first-order valence-corrected chi connectivity index (χ1v) is 11.7. The van der Waals surface area contributed by atoms with E-state index < -0.39 is 77.7 Å². The molecule has 37 heavy (non-hydrogen) atoms. The molecule has 0 radical (unpaired) electrons. The molecule has 2 aliphatic heterocycles. The summed E-state index contributed by atoms with van der Waals surface area (Å²) >= 11 is 1.80. The topological polar surface area (TPSA) is 209 Å². The number of hydrogen-bond acceptors (Lipinski definition) is 10. The first-order chi connectivity index (χ1) is 17.3. The fraction of sp³-hybridized carbons (Fsp3) is 0.579. The maximum Gasteiger partial charge on any atom is 0.423 e. The number of aliphatic hydroxyl groups excluding tert-OH is 4. The molecule has 0 unspecified atom stereocenters. The van der Waals surface area contributed by atoms with Crippen LogP contribution in [0.25, 0.3) is 0 Å². The highest BCUT2D eigenvalue weighted by molar-refractivity contribution is 14.1. The smallest absolute Gasteiger partial charge is 0.394 e. The Morgan fingerprint density at radius 3 is 1.70 bits per heavy atom. The van der Waals surface area contributed by atoms with Crippen LogP contribution in [0, 0.1) is 3.57 Å². The number of hydrogen-bond donors (Lipinski definition) is 6. The van der Waals surface area contributed by atoms with Gasteiger partial charge in [-0.25, -0.2) is 9.59 Å². The molecule has 2 fully saturated rings. The molecule has 2 aromatic rings. The van der Waals surface area contributed by atoms with Crippen LogP contribution >= 0.6 is 22.6 Å². The number of nitrogens with zero attached hydrogens (tertiary/aromatic N) is 2. The van der Waals surface area contributed by atoms with Gasteiger partial charge in [-0.15, -0.1) is 0 Å². The molecule has 0 amide bonds. The zero-order chi connectivity index (χ0) is 27.7. The molecule has 4 heterocycles. The van der Waals surface area contributed by atoms with Crippen LogP contribution in [0.15, 0.2) is 31.6 Å². The largest absolute Gasteiger partial charge is 0.423 e. The number of halogens is 4. The summed E-state index contributed by atoms with van der Waals surface area (Å²) in [6, 6.07) is 0. The van der Waals surface area contributed by atoms with Gasteiger partial charge in [0.1, 0.15) is 30.2 Å². The van der Waals surface area contributed by atoms with Crippen molar-refractivity contribution in [3.63, 3.8) is 0 Å². The van der Waals surface area contributed by atoms with Crippen molar-refractivity contribution in [2.24, 2.45) is 0 Å². The van der Waals surface area contributed by atoms with Crippen LogP contribution in [0.1, 0.15) is 30.9 Å². The van der Waals surface area contributed by atoms with Gasteiger partial charge in [0, 0.05) is 25.2 Å². The lowest BCUT2D eigenvalue weighted by Gasteiger charge is -2.16. The summed E-state index contributed by atoms with van der Waals surface area (Å²) in [5.74, 6) is 0. The third-order valence-corrected chi connectivity index (χ3v) is 6.35. The van der Waals surface area contributed by atoms with Crippen LogP contribution < -0.4 is 22.5 Å². The molecule has 206 valence electrons. The maximum absolute atomic E-state index is 12.6. The molecule has 2 saturated heterocycles. The highest BCUT2D eigenvalue weighted by Crippen LogP contribution is 2.30. The minimum Gasteiger partial charge on any atom is -0.394 e. The molecular weight excluding hydrogens is 628 g/mol. The van der Waals surface area contributed by atoms with Crippen LogP contribution in [-0.4, -0.2) is 77.2 Å². The van der Waals surface area contributed by atoms with Crippen LogP contribution in [0.2, 0.25) is 0 Å². The van der Waals surface area contributed by atoms with E-state index in [0.29, 0.717) is 14.3 Å². The normalized spacial score (nSPS) is 27.7. The average molecular weight is 650 g/mol. The highest BCUT2D eigenvalue weighted by atomic mass is 127. The van der Waals surface area contributed by atoms with Crippen molar-refractivity contribution in [2.45, 2.75) is 55.9 Å². The summed E-state index contributed by atoms with van der Waals surface area (Å²) in [5.41, 5.74) is -5.22. The van der Waals surface area contributed by atoms with Gasteiger partial charge in [0.15, 0.2) is 0 Å². The Balaban J connectivity index is 0.000000208. The van der Waals surface area contributed by atoms with Crippen molar-refractivity contribution in [1.82, 2.24) is 19.1 Å². The van der Waals surface area contributed by atoms with Gasteiger partial charge in [0.25, 0.3) is 11.1 Å². The van der Waals surface area contributed by atoms with Crippen molar-refractivity contribution >= 4 is 22.6 Å². The van der Waals surface area contributed by atoms with E-state index in [1.807, 2.05) is 0 Å². The van der Waals surface area contributed by atoms with Gasteiger partial charge in [0.2, 0.25) is 0 Å². The van der Waals surface area contributed by atoms with Gasteiger partial charge < -0.3 is 29.9 Å². The van der Waals surface area contributed by atoms with Crippen molar-refractivity contribution in [3.8, 4) is 0 Å². The second kappa shape index (κ2) is 11.6. The molecule has 0 saturated carbocycles. The average Bonchev–Trinajstić information content (AvgIpc) is 3.37. The predicted octanol–water partition coefficient (Wildman–Crippen LogP) is -2.02. The van der Waals surface area contributed by atoms with Crippen LogP contribution in [0.3, 0.4) is 0 Å². The summed E-state index contributed by atoms with van der Waals surface area (Å²) < 4.78 is 50.3. The minimum atomic E-state index is -4.92. The molecule has 2 aliphatic rings. The SMILES string of the molecule is O=c1[nH]c(=O)n([C@H]2C[C@@H](O)[C@@H](CO)O2)cc1C(F)(F)F.O=c1[nH]c(=O)n([C@H]2C[C@@H](O)[C@@H](CO)O2)cc1I. The Bertz CT molecular complexity index is 1340. The van der Waals surface area contributed by atoms with Gasteiger partial charge >= 0.3 is 17.6 Å². The van der Waals surface area contributed by atoms with Crippen LogP contribution in [0.4, 0.5) is 13.2 Å². The molecule has 0 aliphatic carbocycles. The fourth-order valence-electron chi connectivity index (χ4n) is 3.68. The number of rotatable bonds is 4. The summed E-state index contributed by atoms with van der Waals surface area (Å²) in [6.07, 6.45) is -8.65. The zero-order valence-electron chi connectivity index (χ0n) is 18.6. The molecular formula is C19H22F3IN4O10. The molecule has 18 heteroatoms. The number of alkyl halides is 3. The van der Waals surface area contributed by atoms with Crippen molar-refractivity contribution in [1.29, 1.82) is 0 Å². The maximum atomic E-state index is 12.6. The number of nitrogens with one attached hydrogen (secondary N) is 2. The molecule has 14 nitrogen and oxygen atoms in total. The monoisotopic (exact) mass is 650 g/mol. The Morgan fingerprint density at radius 2 is 1.30 bits per heavy atom. The lowest BCUT2D eigenvalue weighted by Crippen LogP contribution is -2.36. The number of H-pyrrole nitrogens is 2. The second-order valence-corrected chi connectivity index (χ2v) is 9.24. The summed E-state index contributed by atoms with van der Waals surface area (Å²) in [4.78, 5) is 49.1. The van der Waals surface area contributed by atoms with E-state index in [4.69, 9.17) is 19.7 Å². The van der Waals surface area contributed by atoms with Gasteiger partial charge in [-0.3, -0.25) is 28.7 Å². The van der Waals surface area contributed by atoms with Crippen molar-refractivity contribution in [3.05, 3.63) is 63.2 Å². The molecule has 0 spiro atoms. The van der Waals surface area contributed by atoms with Crippen molar-refractivity contribution < 1.29 is 43.1 Å². The quantitative estimate of drug-likeness (QED) is 0.200. The predicted molar refractivity (Wildman–Crippen MR) is 124 cm³/mol. The summed E-state index contributed by atoms with van der Waals surface area (Å²) in [5, 5.41) is 36.9. The lowest BCUT2D eigenvalue weighted by atomic mass is 10.2.